The first-order chi connectivity index (χ1) is 8.64. The number of aromatic amines is 1. The van der Waals surface area contributed by atoms with Crippen molar-refractivity contribution in [2.45, 2.75) is 0 Å². The van der Waals surface area contributed by atoms with Gasteiger partial charge in [-0.25, -0.2) is 0 Å². The molecule has 6 nitrogen and oxygen atoms in total. The minimum atomic E-state index is 0.00799. The predicted octanol–water partition coefficient (Wildman–Crippen LogP) is -0.594. The molecule has 0 aliphatic carbocycles. The van der Waals surface area contributed by atoms with Gasteiger partial charge >= 0.3 is 0 Å². The van der Waals surface area contributed by atoms with Gasteiger partial charge in [0.15, 0.2) is 0 Å². The lowest BCUT2D eigenvalue weighted by Gasteiger charge is -2.49. The van der Waals surface area contributed by atoms with Crippen LogP contribution in [0.1, 0.15) is 10.4 Å². The van der Waals surface area contributed by atoms with Gasteiger partial charge in [0.25, 0.3) is 5.91 Å². The monoisotopic (exact) mass is 250 g/mol. The number of carbonyl (C=O) groups excluding carboxylic acids is 1. The van der Waals surface area contributed by atoms with Crippen LogP contribution in [-0.2, 0) is 0 Å². The van der Waals surface area contributed by atoms with Crippen LogP contribution in [0.15, 0.2) is 12.4 Å². The molecule has 1 unspecified atom stereocenters. The number of nitrogens with one attached hydrogen (secondary N) is 1. The zero-order valence-corrected chi connectivity index (χ0v) is 10.5. The Morgan fingerprint density at radius 1 is 1.61 bits per heavy atom. The van der Waals surface area contributed by atoms with E-state index in [1.54, 1.807) is 12.4 Å². The molecule has 1 aromatic rings. The highest BCUT2D eigenvalue weighted by Gasteiger charge is 2.53. The molecule has 0 radical (unpaired) electrons. The number of H-pyrrole nitrogens is 1. The van der Waals surface area contributed by atoms with Crippen LogP contribution < -0.4 is 0 Å². The van der Waals surface area contributed by atoms with Crippen molar-refractivity contribution < 1.29 is 9.90 Å². The Labute approximate surface area is 106 Å². The number of likely N-dealkylation sites (tertiary alicyclic amines) is 2. The highest BCUT2D eigenvalue weighted by molar-refractivity contribution is 5.94. The van der Waals surface area contributed by atoms with E-state index in [1.165, 1.54) is 0 Å². The van der Waals surface area contributed by atoms with E-state index in [1.807, 2.05) is 4.90 Å². The Morgan fingerprint density at radius 3 is 2.94 bits per heavy atom. The molecule has 2 aliphatic heterocycles. The number of aliphatic hydroxyl groups is 1. The van der Waals surface area contributed by atoms with Crippen molar-refractivity contribution in [1.82, 2.24) is 20.0 Å². The average Bonchev–Trinajstić information content (AvgIpc) is 2.93. The molecule has 0 bridgehead atoms. The first-order valence-corrected chi connectivity index (χ1v) is 6.22. The summed E-state index contributed by atoms with van der Waals surface area (Å²) in [5, 5.41) is 16.0. The second-order valence-electron chi connectivity index (χ2n) is 5.59. The van der Waals surface area contributed by atoms with E-state index in [9.17, 15) is 9.90 Å². The summed E-state index contributed by atoms with van der Waals surface area (Å²) in [7, 11) is 2.07. The maximum atomic E-state index is 12.2. The zero-order valence-electron chi connectivity index (χ0n) is 10.5. The zero-order chi connectivity index (χ0) is 12.8. The Hall–Kier alpha value is -1.40. The van der Waals surface area contributed by atoms with Crippen molar-refractivity contribution in [2.24, 2.45) is 11.3 Å². The van der Waals surface area contributed by atoms with Crippen LogP contribution in [0.5, 0.6) is 0 Å². The van der Waals surface area contributed by atoms with Gasteiger partial charge < -0.3 is 14.9 Å². The summed E-state index contributed by atoms with van der Waals surface area (Å²) in [6, 6.07) is 0. The van der Waals surface area contributed by atoms with E-state index in [0.717, 1.165) is 19.6 Å². The Balaban J connectivity index is 1.75. The van der Waals surface area contributed by atoms with Gasteiger partial charge in [0.1, 0.15) is 0 Å². The summed E-state index contributed by atoms with van der Waals surface area (Å²) in [6.07, 6.45) is 3.17. The van der Waals surface area contributed by atoms with E-state index in [4.69, 9.17) is 0 Å². The SMILES string of the molecule is CN1CC2(C1)CN(C(=O)c1cn[nH]c1)CC2CO. The molecule has 18 heavy (non-hydrogen) atoms. The maximum Gasteiger partial charge on any atom is 0.257 e. The number of aromatic nitrogens is 2. The Kier molecular flexibility index (Phi) is 2.64. The van der Waals surface area contributed by atoms with E-state index in [-0.39, 0.29) is 23.8 Å². The van der Waals surface area contributed by atoms with Crippen LogP contribution in [0.25, 0.3) is 0 Å². The largest absolute Gasteiger partial charge is 0.396 e. The first kappa shape index (κ1) is 11.7. The molecule has 2 N–H and O–H groups in total. The fraction of sp³-hybridized carbons (Fsp3) is 0.667. The lowest BCUT2D eigenvalue weighted by Crippen LogP contribution is -2.59. The van der Waals surface area contributed by atoms with Gasteiger partial charge in [0.05, 0.1) is 11.8 Å². The molecule has 98 valence electrons. The predicted molar refractivity (Wildman–Crippen MR) is 65.0 cm³/mol. The number of hydrogen-bond acceptors (Lipinski definition) is 4. The van der Waals surface area contributed by atoms with E-state index in [0.29, 0.717) is 12.1 Å². The van der Waals surface area contributed by atoms with Crippen molar-refractivity contribution in [3.05, 3.63) is 18.0 Å². The summed E-state index contributed by atoms with van der Waals surface area (Å²) in [5.41, 5.74) is 0.694. The molecule has 2 fully saturated rings. The van der Waals surface area contributed by atoms with Crippen molar-refractivity contribution in [1.29, 1.82) is 0 Å². The molecular weight excluding hydrogens is 232 g/mol. The molecule has 0 saturated carbocycles. The summed E-state index contributed by atoms with van der Waals surface area (Å²) >= 11 is 0. The number of amides is 1. The van der Waals surface area contributed by atoms with E-state index in [2.05, 4.69) is 22.1 Å². The quantitative estimate of drug-likeness (QED) is 0.735. The highest BCUT2D eigenvalue weighted by atomic mass is 16.3. The number of nitrogens with zero attached hydrogens (tertiary/aromatic N) is 3. The lowest BCUT2D eigenvalue weighted by molar-refractivity contribution is -0.0190. The molecule has 2 aliphatic rings. The first-order valence-electron chi connectivity index (χ1n) is 6.22. The third kappa shape index (κ3) is 1.64. The van der Waals surface area contributed by atoms with Gasteiger partial charge in [0.2, 0.25) is 0 Å². The number of aliphatic hydroxyl groups excluding tert-OH is 1. The van der Waals surface area contributed by atoms with Crippen LogP contribution >= 0.6 is 0 Å². The molecule has 2 saturated heterocycles. The maximum absolute atomic E-state index is 12.2. The van der Waals surface area contributed by atoms with Crippen molar-refractivity contribution in [2.75, 3.05) is 39.8 Å². The summed E-state index contributed by atoms with van der Waals surface area (Å²) in [6.45, 7) is 3.48. The van der Waals surface area contributed by atoms with Gasteiger partial charge in [-0.3, -0.25) is 9.89 Å². The lowest BCUT2D eigenvalue weighted by atomic mass is 9.72. The summed E-state index contributed by atoms with van der Waals surface area (Å²) < 4.78 is 0. The third-order valence-electron chi connectivity index (χ3n) is 4.23. The molecular formula is C12H18N4O2. The van der Waals surface area contributed by atoms with Crippen LogP contribution in [0.4, 0.5) is 0 Å². The summed E-state index contributed by atoms with van der Waals surface area (Å²) in [4.78, 5) is 16.3. The minimum absolute atomic E-state index is 0.00799. The van der Waals surface area contributed by atoms with Crippen LogP contribution in [-0.4, -0.2) is 70.8 Å². The second kappa shape index (κ2) is 4.07. The van der Waals surface area contributed by atoms with Crippen LogP contribution in [0, 0.1) is 11.3 Å². The van der Waals surface area contributed by atoms with Crippen molar-refractivity contribution >= 4 is 5.91 Å². The highest BCUT2D eigenvalue weighted by Crippen LogP contribution is 2.43. The molecule has 6 heteroatoms. The topological polar surface area (TPSA) is 72.5 Å². The van der Waals surface area contributed by atoms with Gasteiger partial charge in [-0.15, -0.1) is 0 Å². The van der Waals surface area contributed by atoms with Crippen molar-refractivity contribution in [3.8, 4) is 0 Å². The molecule has 3 heterocycles. The normalized spacial score (nSPS) is 26.6. The molecule has 3 rings (SSSR count). The standard InChI is InChI=1S/C12H18N4O2/c1-15-6-12(7-15)8-16(4-10(12)5-17)11(18)9-2-13-14-3-9/h2-3,10,17H,4-8H2,1H3,(H,13,14). The average molecular weight is 250 g/mol. The number of carbonyl (C=O) groups is 1. The van der Waals surface area contributed by atoms with Crippen LogP contribution in [0.2, 0.25) is 0 Å². The second-order valence-corrected chi connectivity index (χ2v) is 5.59. The van der Waals surface area contributed by atoms with Gasteiger partial charge in [-0.2, -0.15) is 5.10 Å². The number of hydrogen-bond donors (Lipinski definition) is 2. The molecule has 1 spiro atoms. The van der Waals surface area contributed by atoms with Crippen LogP contribution in [0.3, 0.4) is 0 Å². The summed E-state index contributed by atoms with van der Waals surface area (Å²) in [5.74, 6) is 0.207. The fourth-order valence-corrected chi connectivity index (χ4v) is 3.38. The smallest absolute Gasteiger partial charge is 0.257 e. The molecule has 1 atom stereocenters. The Morgan fingerprint density at radius 2 is 2.39 bits per heavy atom. The van der Waals surface area contributed by atoms with E-state index < -0.39 is 0 Å². The third-order valence-corrected chi connectivity index (χ3v) is 4.23. The molecule has 1 aromatic heterocycles. The van der Waals surface area contributed by atoms with Crippen molar-refractivity contribution in [3.63, 3.8) is 0 Å². The van der Waals surface area contributed by atoms with Gasteiger partial charge in [0, 0.05) is 50.3 Å². The van der Waals surface area contributed by atoms with Gasteiger partial charge in [-0.05, 0) is 7.05 Å². The Bertz CT molecular complexity index is 439. The minimum Gasteiger partial charge on any atom is -0.396 e. The fourth-order valence-electron chi connectivity index (χ4n) is 3.38. The molecule has 0 aromatic carbocycles. The molecule has 1 amide bonds. The van der Waals surface area contributed by atoms with Gasteiger partial charge in [-0.1, -0.05) is 0 Å². The number of rotatable bonds is 2. The van der Waals surface area contributed by atoms with E-state index >= 15 is 0 Å².